The van der Waals surface area contributed by atoms with Crippen molar-refractivity contribution in [2.45, 2.75) is 19.8 Å². The average Bonchev–Trinajstić information content (AvgIpc) is 3.11. The van der Waals surface area contributed by atoms with E-state index in [1.807, 2.05) is 6.07 Å². The monoisotopic (exact) mass is 272 g/mol. The highest BCUT2D eigenvalue weighted by atomic mass is 16.5. The number of nitrogens with one attached hydrogen (secondary N) is 1. The molecule has 2 aromatic rings. The van der Waals surface area contributed by atoms with Crippen LogP contribution in [0.5, 0.6) is 0 Å². The fraction of sp³-hybridized carbons (Fsp3) is 0.357. The maximum atomic E-state index is 12.1. The van der Waals surface area contributed by atoms with Gasteiger partial charge in [-0.15, -0.1) is 0 Å². The largest absolute Gasteiger partial charge is 0.370 e. The third kappa shape index (κ3) is 2.64. The summed E-state index contributed by atoms with van der Waals surface area (Å²) in [6.07, 6.45) is 5.73. The van der Waals surface area contributed by atoms with Crippen molar-refractivity contribution < 1.29 is 9.32 Å². The zero-order valence-electron chi connectivity index (χ0n) is 11.3. The van der Waals surface area contributed by atoms with Crippen LogP contribution in [-0.2, 0) is 0 Å². The van der Waals surface area contributed by atoms with Crippen molar-refractivity contribution >= 4 is 17.4 Å². The fourth-order valence-electron chi connectivity index (χ4n) is 2.31. The van der Waals surface area contributed by atoms with E-state index in [-0.39, 0.29) is 5.91 Å². The molecule has 3 heterocycles. The number of hydrogen-bond acceptors (Lipinski definition) is 5. The van der Waals surface area contributed by atoms with E-state index in [9.17, 15) is 4.79 Å². The summed E-state index contributed by atoms with van der Waals surface area (Å²) in [6.45, 7) is 3.82. The number of rotatable bonds is 3. The number of amides is 1. The van der Waals surface area contributed by atoms with Gasteiger partial charge >= 0.3 is 0 Å². The molecule has 0 atom stereocenters. The minimum absolute atomic E-state index is 0.230. The van der Waals surface area contributed by atoms with Crippen LogP contribution in [0.25, 0.3) is 0 Å². The first-order valence-electron chi connectivity index (χ1n) is 6.67. The number of carbonyl (C=O) groups is 1. The summed E-state index contributed by atoms with van der Waals surface area (Å²) in [5.74, 6) is 0.843. The highest BCUT2D eigenvalue weighted by Gasteiger charge is 2.15. The molecule has 6 heteroatoms. The van der Waals surface area contributed by atoms with Crippen molar-refractivity contribution in [3.63, 3.8) is 0 Å². The minimum Gasteiger partial charge on any atom is -0.370 e. The first-order valence-corrected chi connectivity index (χ1v) is 6.67. The van der Waals surface area contributed by atoms with Crippen LogP contribution in [0.4, 0.5) is 11.5 Å². The topological polar surface area (TPSA) is 71.3 Å². The van der Waals surface area contributed by atoms with Gasteiger partial charge in [-0.3, -0.25) is 9.78 Å². The molecule has 1 aliphatic rings. The van der Waals surface area contributed by atoms with Gasteiger partial charge in [-0.1, -0.05) is 5.16 Å². The second-order valence-electron chi connectivity index (χ2n) is 4.90. The molecule has 1 N–H and O–H groups in total. The number of anilines is 2. The average molecular weight is 272 g/mol. The molecule has 20 heavy (non-hydrogen) atoms. The van der Waals surface area contributed by atoms with Crippen molar-refractivity contribution in [2.75, 3.05) is 23.3 Å². The highest BCUT2D eigenvalue weighted by Crippen LogP contribution is 2.20. The van der Waals surface area contributed by atoms with E-state index in [4.69, 9.17) is 4.52 Å². The normalized spacial score (nSPS) is 14.6. The van der Waals surface area contributed by atoms with E-state index in [1.165, 1.54) is 12.8 Å². The molecule has 2 aromatic heterocycles. The molecule has 0 unspecified atom stereocenters. The Morgan fingerprint density at radius 1 is 1.30 bits per heavy atom. The van der Waals surface area contributed by atoms with Crippen LogP contribution in [0, 0.1) is 6.92 Å². The standard InChI is InChI=1S/C14H16N4O2/c1-10-6-13(17-20-10)16-14(19)11-7-12(9-15-8-11)18-4-2-3-5-18/h6-9H,2-5H2,1H3,(H,16,17,19). The quantitative estimate of drug-likeness (QED) is 0.927. The van der Waals surface area contributed by atoms with Crippen molar-refractivity contribution in [3.05, 3.63) is 35.9 Å². The zero-order valence-corrected chi connectivity index (χ0v) is 11.3. The van der Waals surface area contributed by atoms with E-state index >= 15 is 0 Å². The molecule has 1 saturated heterocycles. The van der Waals surface area contributed by atoms with Crippen LogP contribution in [-0.4, -0.2) is 29.1 Å². The van der Waals surface area contributed by atoms with Gasteiger partial charge in [-0.2, -0.15) is 0 Å². The van der Waals surface area contributed by atoms with E-state index < -0.39 is 0 Å². The Hall–Kier alpha value is -2.37. The first kappa shape index (κ1) is 12.7. The van der Waals surface area contributed by atoms with Crippen molar-refractivity contribution in [1.29, 1.82) is 0 Å². The van der Waals surface area contributed by atoms with Crippen molar-refractivity contribution in [2.24, 2.45) is 0 Å². The van der Waals surface area contributed by atoms with Gasteiger partial charge in [-0.05, 0) is 25.8 Å². The number of aryl methyl sites for hydroxylation is 1. The SMILES string of the molecule is Cc1cc(NC(=O)c2cncc(N3CCCC3)c2)no1. The van der Waals surface area contributed by atoms with Gasteiger partial charge in [0.25, 0.3) is 5.91 Å². The zero-order chi connectivity index (χ0) is 13.9. The Bertz CT molecular complexity index is 617. The van der Waals surface area contributed by atoms with Crippen LogP contribution in [0.3, 0.4) is 0 Å². The predicted octanol–water partition coefficient (Wildman–Crippen LogP) is 2.23. The van der Waals surface area contributed by atoms with Crippen LogP contribution >= 0.6 is 0 Å². The summed E-state index contributed by atoms with van der Waals surface area (Å²) < 4.78 is 4.92. The Labute approximate surface area is 116 Å². The van der Waals surface area contributed by atoms with Gasteiger partial charge in [-0.25, -0.2) is 0 Å². The van der Waals surface area contributed by atoms with E-state index in [0.29, 0.717) is 17.1 Å². The van der Waals surface area contributed by atoms with Gasteiger partial charge in [0.1, 0.15) is 5.76 Å². The Morgan fingerprint density at radius 2 is 2.10 bits per heavy atom. The number of hydrogen-bond donors (Lipinski definition) is 1. The van der Waals surface area contributed by atoms with Gasteiger partial charge in [0.2, 0.25) is 0 Å². The summed E-state index contributed by atoms with van der Waals surface area (Å²) in [5.41, 5.74) is 1.52. The van der Waals surface area contributed by atoms with E-state index in [1.54, 1.807) is 25.4 Å². The number of pyridine rings is 1. The van der Waals surface area contributed by atoms with Gasteiger partial charge in [0.15, 0.2) is 5.82 Å². The first-order chi connectivity index (χ1) is 9.72. The highest BCUT2D eigenvalue weighted by molar-refractivity contribution is 6.04. The molecular formula is C14H16N4O2. The summed E-state index contributed by atoms with van der Waals surface area (Å²) in [4.78, 5) is 18.5. The maximum Gasteiger partial charge on any atom is 0.258 e. The molecular weight excluding hydrogens is 256 g/mol. The maximum absolute atomic E-state index is 12.1. The summed E-state index contributed by atoms with van der Waals surface area (Å²) in [5, 5.41) is 6.44. The Balaban J connectivity index is 1.75. The van der Waals surface area contributed by atoms with E-state index in [0.717, 1.165) is 18.8 Å². The molecule has 0 spiro atoms. The minimum atomic E-state index is -0.230. The molecule has 3 rings (SSSR count). The second-order valence-corrected chi connectivity index (χ2v) is 4.90. The third-order valence-electron chi connectivity index (χ3n) is 3.33. The molecule has 1 aliphatic heterocycles. The van der Waals surface area contributed by atoms with Gasteiger partial charge in [0, 0.05) is 25.4 Å². The molecule has 0 radical (unpaired) electrons. The van der Waals surface area contributed by atoms with Gasteiger partial charge < -0.3 is 14.7 Å². The molecule has 1 amide bonds. The van der Waals surface area contributed by atoms with Crippen LogP contribution in [0.15, 0.2) is 29.0 Å². The third-order valence-corrected chi connectivity index (χ3v) is 3.33. The van der Waals surface area contributed by atoms with E-state index in [2.05, 4.69) is 20.4 Å². The molecule has 0 saturated carbocycles. The predicted molar refractivity (Wildman–Crippen MR) is 74.9 cm³/mol. The lowest BCUT2D eigenvalue weighted by Crippen LogP contribution is -2.19. The second kappa shape index (κ2) is 5.32. The lowest BCUT2D eigenvalue weighted by Gasteiger charge is -2.17. The van der Waals surface area contributed by atoms with Crippen LogP contribution in [0.2, 0.25) is 0 Å². The molecule has 104 valence electrons. The number of nitrogens with zero attached hydrogens (tertiary/aromatic N) is 3. The molecule has 6 nitrogen and oxygen atoms in total. The van der Waals surface area contributed by atoms with Gasteiger partial charge in [0.05, 0.1) is 17.4 Å². The summed E-state index contributed by atoms with van der Waals surface area (Å²) in [6, 6.07) is 3.54. The fourth-order valence-corrected chi connectivity index (χ4v) is 2.31. The summed E-state index contributed by atoms with van der Waals surface area (Å²) in [7, 11) is 0. The van der Waals surface area contributed by atoms with Crippen LogP contribution < -0.4 is 10.2 Å². The number of carbonyl (C=O) groups excluding carboxylic acids is 1. The number of aromatic nitrogens is 2. The molecule has 1 fully saturated rings. The smallest absolute Gasteiger partial charge is 0.258 e. The lowest BCUT2D eigenvalue weighted by atomic mass is 10.2. The van der Waals surface area contributed by atoms with Crippen molar-refractivity contribution in [3.8, 4) is 0 Å². The summed E-state index contributed by atoms with van der Waals surface area (Å²) >= 11 is 0. The Morgan fingerprint density at radius 3 is 2.80 bits per heavy atom. The van der Waals surface area contributed by atoms with Crippen molar-refractivity contribution in [1.82, 2.24) is 10.1 Å². The lowest BCUT2D eigenvalue weighted by molar-refractivity contribution is 0.102. The molecule has 0 bridgehead atoms. The Kier molecular flexibility index (Phi) is 3.37. The van der Waals surface area contributed by atoms with Crippen LogP contribution in [0.1, 0.15) is 29.0 Å². The molecule has 0 aliphatic carbocycles. The molecule has 0 aromatic carbocycles.